The van der Waals surface area contributed by atoms with Crippen molar-refractivity contribution in [3.05, 3.63) is 28.2 Å². The molecule has 0 saturated carbocycles. The molecule has 1 N–H and O–H groups in total. The fraction of sp³-hybridized carbons (Fsp3) is 0.429. The van der Waals surface area contributed by atoms with E-state index in [0.717, 1.165) is 6.42 Å². The molecule has 0 unspecified atom stereocenters. The molecule has 0 bridgehead atoms. The highest BCUT2D eigenvalue weighted by molar-refractivity contribution is 6.39. The van der Waals surface area contributed by atoms with E-state index in [-0.39, 0.29) is 24.8 Å². The topological polar surface area (TPSA) is 49.4 Å². The van der Waals surface area contributed by atoms with Crippen LogP contribution in [0.2, 0.25) is 10.0 Å². The van der Waals surface area contributed by atoms with Crippen molar-refractivity contribution < 1.29 is 9.59 Å². The van der Waals surface area contributed by atoms with Crippen molar-refractivity contribution in [2.45, 2.75) is 26.7 Å². The highest BCUT2D eigenvalue weighted by Crippen LogP contribution is 2.33. The lowest BCUT2D eigenvalue weighted by Gasteiger charge is -2.23. The van der Waals surface area contributed by atoms with Gasteiger partial charge in [-0.05, 0) is 18.6 Å². The normalized spacial score (nSPS) is 10.2. The molecule has 110 valence electrons. The van der Waals surface area contributed by atoms with Crippen LogP contribution in [-0.4, -0.2) is 24.9 Å². The second kappa shape index (κ2) is 8.12. The first-order chi connectivity index (χ1) is 9.47. The zero-order valence-corrected chi connectivity index (χ0v) is 13.1. The molecule has 0 radical (unpaired) electrons. The van der Waals surface area contributed by atoms with Gasteiger partial charge in [0.15, 0.2) is 0 Å². The van der Waals surface area contributed by atoms with Crippen LogP contribution in [0.25, 0.3) is 0 Å². The maximum absolute atomic E-state index is 11.8. The average molecular weight is 317 g/mol. The number of nitrogens with one attached hydrogen (secondary N) is 1. The lowest BCUT2D eigenvalue weighted by atomic mass is 10.2. The van der Waals surface area contributed by atoms with Crippen molar-refractivity contribution in [1.29, 1.82) is 0 Å². The van der Waals surface area contributed by atoms with Gasteiger partial charge in [0, 0.05) is 26.4 Å². The van der Waals surface area contributed by atoms with Crippen LogP contribution in [0.3, 0.4) is 0 Å². The Labute approximate surface area is 129 Å². The number of carbonyl (C=O) groups excluding carboxylic acids is 2. The first-order valence-electron chi connectivity index (χ1n) is 6.46. The van der Waals surface area contributed by atoms with Crippen molar-refractivity contribution in [2.24, 2.45) is 0 Å². The largest absolute Gasteiger partial charge is 0.356 e. The monoisotopic (exact) mass is 316 g/mol. The maximum Gasteiger partial charge on any atom is 0.223 e. The molecule has 0 heterocycles. The molecule has 1 rings (SSSR count). The highest BCUT2D eigenvalue weighted by Gasteiger charge is 2.18. The number of para-hydroxylation sites is 1. The van der Waals surface area contributed by atoms with Gasteiger partial charge in [0.25, 0.3) is 0 Å². The minimum Gasteiger partial charge on any atom is -0.356 e. The molecule has 0 aliphatic heterocycles. The number of nitrogens with zero attached hydrogens (tertiary/aromatic N) is 1. The Bertz CT molecular complexity index is 472. The lowest BCUT2D eigenvalue weighted by Crippen LogP contribution is -2.34. The van der Waals surface area contributed by atoms with E-state index in [0.29, 0.717) is 22.3 Å². The van der Waals surface area contributed by atoms with Gasteiger partial charge in [-0.1, -0.05) is 36.2 Å². The molecule has 1 aromatic carbocycles. The van der Waals surface area contributed by atoms with Gasteiger partial charge in [0.2, 0.25) is 11.8 Å². The van der Waals surface area contributed by atoms with Crippen LogP contribution in [0.4, 0.5) is 5.69 Å². The molecule has 0 spiro atoms. The summed E-state index contributed by atoms with van der Waals surface area (Å²) in [6.07, 6.45) is 1.08. The minimum atomic E-state index is -0.205. The first-order valence-corrected chi connectivity index (χ1v) is 7.21. The number of carbonyl (C=O) groups is 2. The summed E-state index contributed by atoms with van der Waals surface area (Å²) >= 11 is 12.2. The zero-order chi connectivity index (χ0) is 15.1. The standard InChI is InChI=1S/C14H18Cl2N2O2/c1-3-8-17-13(20)7-9-18(10(2)19)14-11(15)5-4-6-12(14)16/h4-6H,3,7-9H2,1-2H3,(H,17,20). The molecule has 0 aliphatic rings. The van der Waals surface area contributed by atoms with Gasteiger partial charge in [-0.3, -0.25) is 9.59 Å². The van der Waals surface area contributed by atoms with Crippen molar-refractivity contribution in [3.63, 3.8) is 0 Å². The molecule has 0 saturated heterocycles. The summed E-state index contributed by atoms with van der Waals surface area (Å²) in [5, 5.41) is 3.55. The highest BCUT2D eigenvalue weighted by atomic mass is 35.5. The molecule has 1 aromatic rings. The lowest BCUT2D eigenvalue weighted by molar-refractivity contribution is -0.121. The summed E-state index contributed by atoms with van der Waals surface area (Å²) in [6, 6.07) is 5.03. The fourth-order valence-electron chi connectivity index (χ4n) is 1.74. The Kier molecular flexibility index (Phi) is 6.82. The number of anilines is 1. The van der Waals surface area contributed by atoms with E-state index in [2.05, 4.69) is 5.32 Å². The van der Waals surface area contributed by atoms with Crippen molar-refractivity contribution in [2.75, 3.05) is 18.0 Å². The van der Waals surface area contributed by atoms with E-state index in [4.69, 9.17) is 23.2 Å². The summed E-state index contributed by atoms with van der Waals surface area (Å²) in [4.78, 5) is 24.8. The van der Waals surface area contributed by atoms with E-state index in [1.54, 1.807) is 18.2 Å². The van der Waals surface area contributed by atoms with Gasteiger partial charge in [-0.2, -0.15) is 0 Å². The van der Waals surface area contributed by atoms with Gasteiger partial charge >= 0.3 is 0 Å². The van der Waals surface area contributed by atoms with Crippen molar-refractivity contribution in [3.8, 4) is 0 Å². The predicted molar refractivity (Wildman–Crippen MR) is 82.4 cm³/mol. The van der Waals surface area contributed by atoms with Gasteiger partial charge < -0.3 is 10.2 Å². The molecule has 20 heavy (non-hydrogen) atoms. The fourth-order valence-corrected chi connectivity index (χ4v) is 2.34. The summed E-state index contributed by atoms with van der Waals surface area (Å²) in [5.74, 6) is -0.301. The van der Waals surface area contributed by atoms with Crippen LogP contribution in [-0.2, 0) is 9.59 Å². The number of hydrogen-bond acceptors (Lipinski definition) is 2. The van der Waals surface area contributed by atoms with E-state index in [1.165, 1.54) is 11.8 Å². The number of hydrogen-bond donors (Lipinski definition) is 1. The summed E-state index contributed by atoms with van der Waals surface area (Å²) in [7, 11) is 0. The van der Waals surface area contributed by atoms with Crippen LogP contribution in [0, 0.1) is 0 Å². The molecular formula is C14H18Cl2N2O2. The van der Waals surface area contributed by atoms with Gasteiger partial charge in [-0.25, -0.2) is 0 Å². The first kappa shape index (κ1) is 16.8. The van der Waals surface area contributed by atoms with Crippen LogP contribution in [0.1, 0.15) is 26.7 Å². The zero-order valence-electron chi connectivity index (χ0n) is 11.6. The quantitative estimate of drug-likeness (QED) is 0.875. The molecule has 6 heteroatoms. The van der Waals surface area contributed by atoms with Crippen molar-refractivity contribution in [1.82, 2.24) is 5.32 Å². The smallest absolute Gasteiger partial charge is 0.223 e. The number of benzene rings is 1. The van der Waals surface area contributed by atoms with Crippen LogP contribution >= 0.6 is 23.2 Å². The van der Waals surface area contributed by atoms with Crippen molar-refractivity contribution >= 4 is 40.7 Å². The van der Waals surface area contributed by atoms with E-state index < -0.39 is 0 Å². The average Bonchev–Trinajstić information content (AvgIpc) is 2.39. The maximum atomic E-state index is 11.8. The summed E-state index contributed by atoms with van der Waals surface area (Å²) in [6.45, 7) is 4.27. The summed E-state index contributed by atoms with van der Waals surface area (Å²) < 4.78 is 0. The second-order valence-electron chi connectivity index (χ2n) is 4.34. The number of halogens is 2. The molecule has 0 fully saturated rings. The summed E-state index contributed by atoms with van der Waals surface area (Å²) in [5.41, 5.74) is 0.451. The second-order valence-corrected chi connectivity index (χ2v) is 5.16. The minimum absolute atomic E-state index is 0.0960. The third-order valence-corrected chi connectivity index (χ3v) is 3.33. The van der Waals surface area contributed by atoms with Crippen LogP contribution in [0.15, 0.2) is 18.2 Å². The Balaban J connectivity index is 2.80. The van der Waals surface area contributed by atoms with Gasteiger partial charge in [-0.15, -0.1) is 0 Å². The Morgan fingerprint density at radius 3 is 2.35 bits per heavy atom. The van der Waals surface area contributed by atoms with Gasteiger partial charge in [0.05, 0.1) is 15.7 Å². The predicted octanol–water partition coefficient (Wildman–Crippen LogP) is 3.26. The van der Waals surface area contributed by atoms with Crippen LogP contribution < -0.4 is 10.2 Å². The van der Waals surface area contributed by atoms with E-state index in [1.807, 2.05) is 6.92 Å². The molecule has 2 amide bonds. The molecule has 0 aliphatic carbocycles. The molecular weight excluding hydrogens is 299 g/mol. The Morgan fingerprint density at radius 2 is 1.85 bits per heavy atom. The number of rotatable bonds is 6. The Hall–Kier alpha value is -1.26. The molecule has 0 aromatic heterocycles. The van der Waals surface area contributed by atoms with E-state index >= 15 is 0 Å². The van der Waals surface area contributed by atoms with Gasteiger partial charge in [0.1, 0.15) is 0 Å². The van der Waals surface area contributed by atoms with E-state index in [9.17, 15) is 9.59 Å². The number of amides is 2. The van der Waals surface area contributed by atoms with Crippen LogP contribution in [0.5, 0.6) is 0 Å². The Morgan fingerprint density at radius 1 is 1.25 bits per heavy atom. The third kappa shape index (κ3) is 4.69. The molecule has 4 nitrogen and oxygen atoms in total. The third-order valence-electron chi connectivity index (χ3n) is 2.72. The molecule has 0 atom stereocenters. The SMILES string of the molecule is CCCNC(=O)CCN(C(C)=O)c1c(Cl)cccc1Cl.